The van der Waals surface area contributed by atoms with Crippen LogP contribution in [0, 0.1) is 12.8 Å². The van der Waals surface area contributed by atoms with Gasteiger partial charge in [0, 0.05) is 21.8 Å². The van der Waals surface area contributed by atoms with Crippen LogP contribution in [0.15, 0.2) is 42.5 Å². The lowest BCUT2D eigenvalue weighted by molar-refractivity contribution is 0.318. The third-order valence-electron chi connectivity index (χ3n) is 4.30. The zero-order valence-corrected chi connectivity index (χ0v) is 14.4. The molecule has 0 aliphatic rings. The zero-order valence-electron chi connectivity index (χ0n) is 13.6. The molecule has 2 heteroatoms. The van der Waals surface area contributed by atoms with Gasteiger partial charge in [-0.15, -0.1) is 11.3 Å². The summed E-state index contributed by atoms with van der Waals surface area (Å²) < 4.78 is 0. The van der Waals surface area contributed by atoms with Gasteiger partial charge in [0.25, 0.3) is 0 Å². The van der Waals surface area contributed by atoms with Crippen molar-refractivity contribution in [3.05, 3.63) is 57.8 Å². The standard InChI is InChI=1S/C19H27NS/c1-5-16(6-2)19(17-10-8-7-9-11-17)20-15(4)18-13-12-14(3)21-18/h7-13,15-16,19-20H,5-6H2,1-4H3. The number of benzene rings is 1. The Morgan fingerprint density at radius 3 is 2.19 bits per heavy atom. The van der Waals surface area contributed by atoms with E-state index in [1.807, 2.05) is 11.3 Å². The highest BCUT2D eigenvalue weighted by Crippen LogP contribution is 2.31. The molecular formula is C19H27NS. The predicted molar refractivity (Wildman–Crippen MR) is 93.9 cm³/mol. The fourth-order valence-electron chi connectivity index (χ4n) is 2.96. The molecule has 1 aromatic carbocycles. The van der Waals surface area contributed by atoms with Crippen molar-refractivity contribution in [1.82, 2.24) is 5.32 Å². The Balaban J connectivity index is 2.19. The van der Waals surface area contributed by atoms with E-state index in [9.17, 15) is 0 Å². The van der Waals surface area contributed by atoms with E-state index in [1.165, 1.54) is 28.2 Å². The Hall–Kier alpha value is -1.12. The fourth-order valence-corrected chi connectivity index (χ4v) is 3.85. The first-order valence-corrected chi connectivity index (χ1v) is 8.84. The normalized spacial score (nSPS) is 14.3. The molecule has 2 rings (SSSR count). The van der Waals surface area contributed by atoms with Crippen LogP contribution >= 0.6 is 11.3 Å². The van der Waals surface area contributed by atoms with E-state index in [0.717, 1.165) is 0 Å². The molecule has 1 N–H and O–H groups in total. The summed E-state index contributed by atoms with van der Waals surface area (Å²) in [5.74, 6) is 0.677. The third-order valence-corrected chi connectivity index (χ3v) is 5.48. The molecule has 0 radical (unpaired) electrons. The molecule has 0 aliphatic carbocycles. The van der Waals surface area contributed by atoms with Crippen LogP contribution in [-0.4, -0.2) is 0 Å². The summed E-state index contributed by atoms with van der Waals surface area (Å²) in [6, 6.07) is 16.2. The van der Waals surface area contributed by atoms with Gasteiger partial charge < -0.3 is 5.32 Å². The van der Waals surface area contributed by atoms with Crippen LogP contribution in [0.25, 0.3) is 0 Å². The average Bonchev–Trinajstić information content (AvgIpc) is 2.95. The Morgan fingerprint density at radius 1 is 1.00 bits per heavy atom. The highest BCUT2D eigenvalue weighted by molar-refractivity contribution is 7.12. The fraction of sp³-hybridized carbons (Fsp3) is 0.474. The maximum atomic E-state index is 3.88. The van der Waals surface area contributed by atoms with Crippen LogP contribution in [0.3, 0.4) is 0 Å². The first kappa shape index (κ1) is 16.3. The lowest BCUT2D eigenvalue weighted by Crippen LogP contribution is -2.30. The molecule has 0 aliphatic heterocycles. The van der Waals surface area contributed by atoms with Gasteiger partial charge in [0.15, 0.2) is 0 Å². The largest absolute Gasteiger partial charge is 0.302 e. The zero-order chi connectivity index (χ0) is 15.2. The van der Waals surface area contributed by atoms with Gasteiger partial charge in [0.1, 0.15) is 0 Å². The van der Waals surface area contributed by atoms with Crippen LogP contribution in [0.5, 0.6) is 0 Å². The molecule has 0 bridgehead atoms. The average molecular weight is 301 g/mol. The third kappa shape index (κ3) is 4.18. The molecule has 114 valence electrons. The van der Waals surface area contributed by atoms with E-state index >= 15 is 0 Å². The lowest BCUT2D eigenvalue weighted by Gasteiger charge is -2.30. The summed E-state index contributed by atoms with van der Waals surface area (Å²) in [5, 5.41) is 3.88. The minimum atomic E-state index is 0.398. The molecule has 1 heterocycles. The van der Waals surface area contributed by atoms with Gasteiger partial charge in [0.2, 0.25) is 0 Å². The minimum Gasteiger partial charge on any atom is -0.302 e. The van der Waals surface area contributed by atoms with Crippen LogP contribution < -0.4 is 5.32 Å². The lowest BCUT2D eigenvalue weighted by atomic mass is 9.88. The molecule has 21 heavy (non-hydrogen) atoms. The van der Waals surface area contributed by atoms with E-state index in [0.29, 0.717) is 18.0 Å². The molecule has 1 aromatic heterocycles. The van der Waals surface area contributed by atoms with E-state index in [-0.39, 0.29) is 0 Å². The second-order valence-electron chi connectivity index (χ2n) is 5.80. The van der Waals surface area contributed by atoms with Crippen molar-refractivity contribution in [2.45, 2.75) is 52.6 Å². The van der Waals surface area contributed by atoms with Crippen LogP contribution in [-0.2, 0) is 0 Å². The quantitative estimate of drug-likeness (QED) is 0.673. The van der Waals surface area contributed by atoms with Crippen molar-refractivity contribution >= 4 is 11.3 Å². The van der Waals surface area contributed by atoms with Gasteiger partial charge in [0.05, 0.1) is 0 Å². The number of nitrogens with one attached hydrogen (secondary N) is 1. The summed E-state index contributed by atoms with van der Waals surface area (Å²) in [7, 11) is 0. The predicted octanol–water partition coefficient (Wildman–Crippen LogP) is 5.88. The van der Waals surface area contributed by atoms with Crippen molar-refractivity contribution in [1.29, 1.82) is 0 Å². The Labute approximate surface area is 133 Å². The monoisotopic (exact) mass is 301 g/mol. The van der Waals surface area contributed by atoms with Crippen molar-refractivity contribution in [2.75, 3.05) is 0 Å². The maximum absolute atomic E-state index is 3.88. The number of aryl methyl sites for hydroxylation is 1. The van der Waals surface area contributed by atoms with E-state index < -0.39 is 0 Å². The number of rotatable bonds is 7. The molecule has 1 nitrogen and oxygen atoms in total. The molecule has 2 unspecified atom stereocenters. The molecule has 0 amide bonds. The van der Waals surface area contributed by atoms with Gasteiger partial charge in [-0.3, -0.25) is 0 Å². The molecule has 2 atom stereocenters. The van der Waals surface area contributed by atoms with Gasteiger partial charge in [-0.25, -0.2) is 0 Å². The SMILES string of the molecule is CCC(CC)C(NC(C)c1ccc(C)s1)c1ccccc1. The molecule has 2 aromatic rings. The minimum absolute atomic E-state index is 0.398. The molecule has 0 spiro atoms. The first-order chi connectivity index (χ1) is 10.2. The number of hydrogen-bond donors (Lipinski definition) is 1. The van der Waals surface area contributed by atoms with E-state index in [1.54, 1.807) is 0 Å². The molecular weight excluding hydrogens is 274 g/mol. The van der Waals surface area contributed by atoms with Crippen LogP contribution in [0.2, 0.25) is 0 Å². The van der Waals surface area contributed by atoms with Crippen molar-refractivity contribution in [3.63, 3.8) is 0 Å². The summed E-state index contributed by atoms with van der Waals surface area (Å²) in [6.45, 7) is 9.05. The highest BCUT2D eigenvalue weighted by atomic mass is 32.1. The molecule has 0 saturated carbocycles. The van der Waals surface area contributed by atoms with Gasteiger partial charge in [-0.1, -0.05) is 57.0 Å². The van der Waals surface area contributed by atoms with Gasteiger partial charge in [-0.05, 0) is 37.5 Å². The Morgan fingerprint density at radius 2 is 1.67 bits per heavy atom. The Bertz CT molecular complexity index is 528. The highest BCUT2D eigenvalue weighted by Gasteiger charge is 2.22. The number of hydrogen-bond acceptors (Lipinski definition) is 2. The second-order valence-corrected chi connectivity index (χ2v) is 7.12. The van der Waals surface area contributed by atoms with Crippen molar-refractivity contribution in [3.8, 4) is 0 Å². The summed E-state index contributed by atoms with van der Waals surface area (Å²) in [4.78, 5) is 2.82. The maximum Gasteiger partial charge on any atom is 0.0391 e. The van der Waals surface area contributed by atoms with Crippen LogP contribution in [0.4, 0.5) is 0 Å². The summed E-state index contributed by atoms with van der Waals surface area (Å²) >= 11 is 1.90. The van der Waals surface area contributed by atoms with E-state index in [4.69, 9.17) is 0 Å². The van der Waals surface area contributed by atoms with Gasteiger partial charge >= 0.3 is 0 Å². The van der Waals surface area contributed by atoms with Gasteiger partial charge in [-0.2, -0.15) is 0 Å². The van der Waals surface area contributed by atoms with Crippen LogP contribution in [0.1, 0.15) is 61.0 Å². The second kappa shape index (κ2) is 7.77. The summed E-state index contributed by atoms with van der Waals surface area (Å²) in [5.41, 5.74) is 1.41. The van der Waals surface area contributed by atoms with Crippen molar-refractivity contribution in [2.24, 2.45) is 5.92 Å². The first-order valence-electron chi connectivity index (χ1n) is 8.03. The Kier molecular flexibility index (Phi) is 6.01. The van der Waals surface area contributed by atoms with Crippen molar-refractivity contribution < 1.29 is 0 Å². The molecule has 0 fully saturated rings. The topological polar surface area (TPSA) is 12.0 Å². The summed E-state index contributed by atoms with van der Waals surface area (Å²) in [6.07, 6.45) is 2.42. The number of thiophene rings is 1. The van der Waals surface area contributed by atoms with E-state index in [2.05, 4.69) is 75.5 Å². The molecule has 0 saturated heterocycles. The smallest absolute Gasteiger partial charge is 0.0391 e.